The lowest BCUT2D eigenvalue weighted by atomic mass is 9.94. The van der Waals surface area contributed by atoms with Gasteiger partial charge in [0.05, 0.1) is 12.7 Å². The largest absolute Gasteiger partial charge is 0.444 e. The number of rotatable bonds is 5. The van der Waals surface area contributed by atoms with Crippen LogP contribution in [0.5, 0.6) is 0 Å². The second kappa shape index (κ2) is 6.89. The highest BCUT2D eigenvalue weighted by Gasteiger charge is 2.27. The molecule has 0 saturated carbocycles. The second-order valence-electron chi connectivity index (χ2n) is 7.64. The van der Waals surface area contributed by atoms with E-state index in [9.17, 15) is 0 Å². The van der Waals surface area contributed by atoms with Crippen molar-refractivity contribution in [1.82, 2.24) is 20.1 Å². The van der Waals surface area contributed by atoms with Crippen molar-refractivity contribution in [2.24, 2.45) is 0 Å². The minimum Gasteiger partial charge on any atom is -0.444 e. The summed E-state index contributed by atoms with van der Waals surface area (Å²) in [5, 5.41) is 8.27. The predicted molar refractivity (Wildman–Crippen MR) is 93.9 cm³/mol. The summed E-state index contributed by atoms with van der Waals surface area (Å²) < 4.78 is 5.91. The molecule has 0 unspecified atom stereocenters. The van der Waals surface area contributed by atoms with E-state index in [2.05, 4.69) is 52.8 Å². The monoisotopic (exact) mass is 329 g/mol. The number of anilines is 1. The molecule has 1 atom stereocenters. The Kier molecular flexibility index (Phi) is 4.85. The van der Waals surface area contributed by atoms with Crippen molar-refractivity contribution in [2.75, 3.05) is 25.0 Å². The molecule has 6 heteroatoms. The van der Waals surface area contributed by atoms with Crippen molar-refractivity contribution >= 4 is 5.82 Å². The lowest BCUT2D eigenvalue weighted by molar-refractivity contribution is 0.261. The molecule has 2 aromatic heterocycles. The molecule has 0 radical (unpaired) electrons. The van der Waals surface area contributed by atoms with Crippen molar-refractivity contribution in [3.63, 3.8) is 0 Å². The lowest BCUT2D eigenvalue weighted by Gasteiger charge is -2.28. The van der Waals surface area contributed by atoms with E-state index in [0.29, 0.717) is 6.04 Å². The Labute approximate surface area is 143 Å². The highest BCUT2D eigenvalue weighted by molar-refractivity contribution is 5.39. The number of hydrogen-bond donors (Lipinski definition) is 0. The third-order valence-electron chi connectivity index (χ3n) is 4.45. The SMILES string of the molecule is CN(Cc1ncc(C(C)(C)C)o1)C[C@@H]1CCCN1c1cccnn1. The first kappa shape index (κ1) is 16.9. The molecule has 1 fully saturated rings. The Morgan fingerprint density at radius 3 is 2.88 bits per heavy atom. The van der Waals surface area contributed by atoms with Crippen LogP contribution in [0.15, 0.2) is 28.9 Å². The topological polar surface area (TPSA) is 58.3 Å². The van der Waals surface area contributed by atoms with Crippen molar-refractivity contribution in [1.29, 1.82) is 0 Å². The number of nitrogens with zero attached hydrogens (tertiary/aromatic N) is 5. The van der Waals surface area contributed by atoms with Crippen LogP contribution in [0.4, 0.5) is 5.82 Å². The van der Waals surface area contributed by atoms with Gasteiger partial charge in [-0.3, -0.25) is 4.90 Å². The lowest BCUT2D eigenvalue weighted by Crippen LogP contribution is -2.39. The molecule has 0 spiro atoms. The Balaban J connectivity index is 1.60. The molecule has 0 N–H and O–H groups in total. The van der Waals surface area contributed by atoms with Crippen molar-refractivity contribution < 1.29 is 4.42 Å². The van der Waals surface area contributed by atoms with Crippen LogP contribution in [0, 0.1) is 0 Å². The molecule has 2 aromatic rings. The Hall–Kier alpha value is -1.95. The molecular formula is C18H27N5O. The molecule has 0 aromatic carbocycles. The molecule has 1 aliphatic heterocycles. The quantitative estimate of drug-likeness (QED) is 0.841. The average molecular weight is 329 g/mol. The zero-order valence-electron chi connectivity index (χ0n) is 15.1. The number of hydrogen-bond acceptors (Lipinski definition) is 6. The molecule has 0 aliphatic carbocycles. The maximum absolute atomic E-state index is 5.91. The highest BCUT2D eigenvalue weighted by Crippen LogP contribution is 2.25. The Bertz CT molecular complexity index is 649. The van der Waals surface area contributed by atoms with E-state index >= 15 is 0 Å². The van der Waals surface area contributed by atoms with Crippen molar-refractivity contribution in [3.8, 4) is 0 Å². The van der Waals surface area contributed by atoms with Crippen LogP contribution < -0.4 is 4.90 Å². The summed E-state index contributed by atoms with van der Waals surface area (Å²) in [6, 6.07) is 4.45. The molecule has 0 amide bonds. The van der Waals surface area contributed by atoms with Crippen LogP contribution in [0.1, 0.15) is 45.3 Å². The molecule has 24 heavy (non-hydrogen) atoms. The van der Waals surface area contributed by atoms with Crippen molar-refractivity contribution in [2.45, 2.75) is 51.6 Å². The number of likely N-dealkylation sites (N-methyl/N-ethyl adjacent to an activating group) is 1. The van der Waals surface area contributed by atoms with Crippen molar-refractivity contribution in [3.05, 3.63) is 36.2 Å². The van der Waals surface area contributed by atoms with Crippen LogP contribution in [-0.4, -0.2) is 46.3 Å². The van der Waals surface area contributed by atoms with Crippen LogP contribution in [-0.2, 0) is 12.0 Å². The first-order valence-electron chi connectivity index (χ1n) is 8.61. The fraction of sp³-hybridized carbons (Fsp3) is 0.611. The van der Waals surface area contributed by atoms with E-state index < -0.39 is 0 Å². The minimum atomic E-state index is -0.00193. The Morgan fingerprint density at radius 1 is 1.38 bits per heavy atom. The second-order valence-corrected chi connectivity index (χ2v) is 7.64. The number of aromatic nitrogens is 3. The fourth-order valence-electron chi connectivity index (χ4n) is 3.16. The molecular weight excluding hydrogens is 302 g/mol. The summed E-state index contributed by atoms with van der Waals surface area (Å²) in [6.45, 7) is 9.14. The van der Waals surface area contributed by atoms with Gasteiger partial charge >= 0.3 is 0 Å². The normalized spacial score (nSPS) is 18.5. The van der Waals surface area contributed by atoms with Gasteiger partial charge in [-0.25, -0.2) is 4.98 Å². The maximum Gasteiger partial charge on any atom is 0.208 e. The summed E-state index contributed by atoms with van der Waals surface area (Å²) in [5.74, 6) is 2.69. The van der Waals surface area contributed by atoms with Gasteiger partial charge in [0.15, 0.2) is 5.82 Å². The zero-order chi connectivity index (χ0) is 17.2. The van der Waals surface area contributed by atoms with Gasteiger partial charge in [-0.05, 0) is 32.0 Å². The van der Waals surface area contributed by atoms with Gasteiger partial charge in [0.25, 0.3) is 0 Å². The van der Waals surface area contributed by atoms with Crippen LogP contribution >= 0.6 is 0 Å². The first-order valence-corrected chi connectivity index (χ1v) is 8.61. The van der Waals surface area contributed by atoms with E-state index in [-0.39, 0.29) is 5.41 Å². The summed E-state index contributed by atoms with van der Waals surface area (Å²) in [5.41, 5.74) is -0.00193. The Morgan fingerprint density at radius 2 is 2.21 bits per heavy atom. The zero-order valence-corrected chi connectivity index (χ0v) is 15.1. The smallest absolute Gasteiger partial charge is 0.208 e. The predicted octanol–water partition coefficient (Wildman–Crippen LogP) is 2.86. The molecule has 3 rings (SSSR count). The van der Waals surface area contributed by atoms with Gasteiger partial charge in [-0.15, -0.1) is 5.10 Å². The third-order valence-corrected chi connectivity index (χ3v) is 4.45. The summed E-state index contributed by atoms with van der Waals surface area (Å²) in [4.78, 5) is 9.07. The van der Waals surface area contributed by atoms with Gasteiger partial charge in [0.1, 0.15) is 5.76 Å². The molecule has 6 nitrogen and oxygen atoms in total. The molecule has 1 saturated heterocycles. The van der Waals surface area contributed by atoms with E-state index in [1.807, 2.05) is 18.3 Å². The van der Waals surface area contributed by atoms with Crippen LogP contribution in [0.2, 0.25) is 0 Å². The van der Waals surface area contributed by atoms with E-state index in [4.69, 9.17) is 4.42 Å². The maximum atomic E-state index is 5.91. The highest BCUT2D eigenvalue weighted by atomic mass is 16.4. The standard InChI is InChI=1S/C18H27N5O/c1-18(2,3)15-11-19-17(24-15)13-22(4)12-14-7-6-10-23(14)16-8-5-9-20-21-16/h5,8-9,11,14H,6-7,10,12-13H2,1-4H3/t14-/m0/s1. The van der Waals surface area contributed by atoms with Gasteiger partial charge in [0.2, 0.25) is 5.89 Å². The van der Waals surface area contributed by atoms with E-state index in [0.717, 1.165) is 37.1 Å². The first-order chi connectivity index (χ1) is 11.4. The molecule has 1 aliphatic rings. The van der Waals surface area contributed by atoms with Crippen LogP contribution in [0.3, 0.4) is 0 Å². The summed E-state index contributed by atoms with van der Waals surface area (Å²) >= 11 is 0. The van der Waals surface area contributed by atoms with E-state index in [1.54, 1.807) is 6.20 Å². The molecule has 0 bridgehead atoms. The van der Waals surface area contributed by atoms with Gasteiger partial charge in [-0.1, -0.05) is 20.8 Å². The molecule has 130 valence electrons. The van der Waals surface area contributed by atoms with E-state index in [1.165, 1.54) is 12.8 Å². The molecule has 3 heterocycles. The summed E-state index contributed by atoms with van der Waals surface area (Å²) in [6.07, 6.45) is 5.95. The summed E-state index contributed by atoms with van der Waals surface area (Å²) in [7, 11) is 2.12. The fourth-order valence-corrected chi connectivity index (χ4v) is 3.16. The number of oxazole rings is 1. The van der Waals surface area contributed by atoms with Gasteiger partial charge < -0.3 is 9.32 Å². The minimum absolute atomic E-state index is 0.00193. The van der Waals surface area contributed by atoms with Gasteiger partial charge in [0, 0.05) is 30.7 Å². The third kappa shape index (κ3) is 3.93. The van der Waals surface area contributed by atoms with Gasteiger partial charge in [-0.2, -0.15) is 5.10 Å². The van der Waals surface area contributed by atoms with Crippen LogP contribution in [0.25, 0.3) is 0 Å². The average Bonchev–Trinajstić information content (AvgIpc) is 3.17.